The highest BCUT2D eigenvalue weighted by Crippen LogP contribution is 2.54. The van der Waals surface area contributed by atoms with E-state index in [2.05, 4.69) is 0 Å². The molecule has 3 rings (SSSR count). The van der Waals surface area contributed by atoms with Crippen molar-refractivity contribution in [1.82, 2.24) is 4.90 Å². The summed E-state index contributed by atoms with van der Waals surface area (Å²) in [7, 11) is 1.42. The third-order valence-electron chi connectivity index (χ3n) is 5.65. The summed E-state index contributed by atoms with van der Waals surface area (Å²) in [4.78, 5) is 13.5. The van der Waals surface area contributed by atoms with Gasteiger partial charge in [0.25, 0.3) is 0 Å². The van der Waals surface area contributed by atoms with Gasteiger partial charge >= 0.3 is 0 Å². The van der Waals surface area contributed by atoms with Crippen LogP contribution in [0, 0.1) is 51.1 Å². The first-order valence-electron chi connectivity index (χ1n) is 8.86. The number of methoxy groups -OCH3 is 1. The second-order valence-corrected chi connectivity index (χ2v) is 6.99. The predicted octanol–water partition coefficient (Wildman–Crippen LogP) is 2.11. The molecule has 2 aliphatic rings. The van der Waals surface area contributed by atoms with Gasteiger partial charge in [0, 0.05) is 31.8 Å². The van der Waals surface area contributed by atoms with Crippen molar-refractivity contribution < 1.29 is 13.9 Å². The highest BCUT2D eigenvalue weighted by molar-refractivity contribution is 5.74. The van der Waals surface area contributed by atoms with Crippen LogP contribution in [-0.4, -0.2) is 31.0 Å². The second-order valence-electron chi connectivity index (χ2n) is 6.99. The van der Waals surface area contributed by atoms with E-state index in [1.165, 1.54) is 37.1 Å². The van der Waals surface area contributed by atoms with Gasteiger partial charge in [0.1, 0.15) is 17.6 Å². The summed E-state index contributed by atoms with van der Waals surface area (Å²) in [6, 6.07) is 9.93. The number of halogens is 1. The van der Waals surface area contributed by atoms with Crippen LogP contribution in [-0.2, 0) is 4.79 Å². The Labute approximate surface area is 167 Å². The average Bonchev–Trinajstić information content (AvgIpc) is 2.73. The minimum Gasteiger partial charge on any atom is -0.497 e. The lowest BCUT2D eigenvalue weighted by molar-refractivity contribution is -0.129. The molecule has 0 spiro atoms. The van der Waals surface area contributed by atoms with Gasteiger partial charge in [-0.1, -0.05) is 6.08 Å². The molecule has 0 radical (unpaired) electrons. The molecule has 8 heteroatoms. The maximum Gasteiger partial charge on any atom is 0.219 e. The van der Waals surface area contributed by atoms with Crippen molar-refractivity contribution in [2.75, 3.05) is 20.2 Å². The molecule has 0 saturated carbocycles. The third kappa shape index (κ3) is 2.88. The highest BCUT2D eigenvalue weighted by atomic mass is 19.1. The fraction of sp³-hybridized carbons (Fsp3) is 0.333. The Morgan fingerprint density at radius 1 is 1.34 bits per heavy atom. The summed E-state index contributed by atoms with van der Waals surface area (Å²) in [5.41, 5.74) is 4.65. The first-order chi connectivity index (χ1) is 13.8. The molecule has 7 nitrogen and oxygen atoms in total. The van der Waals surface area contributed by atoms with Gasteiger partial charge in [-0.15, -0.1) is 0 Å². The van der Waals surface area contributed by atoms with E-state index >= 15 is 0 Å². The van der Waals surface area contributed by atoms with E-state index in [9.17, 15) is 25.0 Å². The number of allylic oxidation sites excluding steroid dienone is 2. The van der Waals surface area contributed by atoms with Crippen LogP contribution >= 0.6 is 0 Å². The monoisotopic (exact) mass is 391 g/mol. The van der Waals surface area contributed by atoms with E-state index in [0.717, 1.165) is 0 Å². The van der Waals surface area contributed by atoms with Crippen LogP contribution in [0.3, 0.4) is 0 Å². The van der Waals surface area contributed by atoms with Crippen LogP contribution in [0.2, 0.25) is 0 Å². The van der Waals surface area contributed by atoms with Gasteiger partial charge in [-0.3, -0.25) is 4.79 Å². The number of amides is 1. The van der Waals surface area contributed by atoms with Gasteiger partial charge in [0.15, 0.2) is 5.41 Å². The molecule has 1 aliphatic heterocycles. The molecule has 1 amide bonds. The van der Waals surface area contributed by atoms with Crippen molar-refractivity contribution >= 4 is 5.91 Å². The molecule has 29 heavy (non-hydrogen) atoms. The van der Waals surface area contributed by atoms with E-state index in [1.807, 2.05) is 18.2 Å². The first-order valence-corrected chi connectivity index (χ1v) is 8.86. The molecule has 2 N–H and O–H groups in total. The lowest BCUT2D eigenvalue weighted by Crippen LogP contribution is -2.49. The summed E-state index contributed by atoms with van der Waals surface area (Å²) in [6.07, 6.45) is 1.69. The molecule has 1 aliphatic carbocycles. The average molecular weight is 391 g/mol. The van der Waals surface area contributed by atoms with Gasteiger partial charge in [-0.05, 0) is 29.3 Å². The van der Waals surface area contributed by atoms with Crippen LogP contribution in [0.15, 0.2) is 41.1 Å². The number of nitrogens with two attached hydrogens (primary N) is 1. The summed E-state index contributed by atoms with van der Waals surface area (Å²) < 4.78 is 20.1. The molecule has 1 heterocycles. The molecule has 1 aromatic carbocycles. The largest absolute Gasteiger partial charge is 0.497 e. The summed E-state index contributed by atoms with van der Waals surface area (Å²) >= 11 is 0. The Morgan fingerprint density at radius 2 is 2.03 bits per heavy atom. The van der Waals surface area contributed by atoms with Gasteiger partial charge in [0.2, 0.25) is 5.91 Å². The van der Waals surface area contributed by atoms with E-state index in [0.29, 0.717) is 11.3 Å². The Balaban J connectivity index is 2.36. The van der Waals surface area contributed by atoms with Crippen LogP contribution in [0.4, 0.5) is 4.39 Å². The van der Waals surface area contributed by atoms with Crippen molar-refractivity contribution in [3.8, 4) is 24.0 Å². The van der Waals surface area contributed by atoms with E-state index in [-0.39, 0.29) is 35.8 Å². The number of nitrogens with zero attached hydrogens (tertiary/aromatic N) is 4. The smallest absolute Gasteiger partial charge is 0.219 e. The Bertz CT molecular complexity index is 1060. The van der Waals surface area contributed by atoms with Gasteiger partial charge in [0.05, 0.1) is 30.5 Å². The first kappa shape index (κ1) is 19.9. The van der Waals surface area contributed by atoms with Crippen LogP contribution in [0.25, 0.3) is 0 Å². The molecule has 0 fully saturated rings. The third-order valence-corrected chi connectivity index (χ3v) is 5.65. The zero-order valence-electron chi connectivity index (χ0n) is 15.9. The number of ether oxygens (including phenoxy) is 1. The minimum absolute atomic E-state index is 0.0425. The molecule has 1 aromatic rings. The summed E-state index contributed by atoms with van der Waals surface area (Å²) in [6.45, 7) is 1.80. The SMILES string of the molecule is COc1ccc(F)c([C@H]2[C@H]3CN(C(C)=O)CC=C3C(C#N)=C(N)C2(C#N)C#N)c1. The summed E-state index contributed by atoms with van der Waals surface area (Å²) in [5.74, 6) is -2.16. The number of nitriles is 3. The molecule has 0 aromatic heterocycles. The zero-order valence-corrected chi connectivity index (χ0v) is 15.9. The zero-order chi connectivity index (χ0) is 21.3. The molecular weight excluding hydrogens is 373 g/mol. The Kier molecular flexibility index (Phi) is 5.01. The van der Waals surface area contributed by atoms with E-state index in [4.69, 9.17) is 10.5 Å². The lowest BCUT2D eigenvalue weighted by atomic mass is 9.58. The number of rotatable bonds is 2. The Morgan fingerprint density at radius 3 is 2.59 bits per heavy atom. The highest BCUT2D eigenvalue weighted by Gasteiger charge is 2.55. The van der Waals surface area contributed by atoms with Crippen molar-refractivity contribution in [1.29, 1.82) is 15.8 Å². The van der Waals surface area contributed by atoms with E-state index < -0.39 is 23.1 Å². The molecule has 146 valence electrons. The predicted molar refractivity (Wildman–Crippen MR) is 100 cm³/mol. The summed E-state index contributed by atoms with van der Waals surface area (Å²) in [5, 5.41) is 29.7. The van der Waals surface area contributed by atoms with Crippen molar-refractivity contribution in [3.05, 3.63) is 52.5 Å². The minimum atomic E-state index is -1.97. The maximum absolute atomic E-state index is 14.9. The number of benzene rings is 1. The topological polar surface area (TPSA) is 127 Å². The van der Waals surface area contributed by atoms with Crippen molar-refractivity contribution in [2.24, 2.45) is 17.1 Å². The van der Waals surface area contributed by atoms with E-state index in [1.54, 1.807) is 6.08 Å². The van der Waals surface area contributed by atoms with Crippen LogP contribution < -0.4 is 10.5 Å². The lowest BCUT2D eigenvalue weighted by Gasteiger charge is -2.45. The quantitative estimate of drug-likeness (QED) is 0.822. The second kappa shape index (κ2) is 7.30. The fourth-order valence-electron chi connectivity index (χ4n) is 4.17. The van der Waals surface area contributed by atoms with Gasteiger partial charge < -0.3 is 15.4 Å². The molecular formula is C21H18FN5O2. The number of hydrogen-bond donors (Lipinski definition) is 1. The normalized spacial score (nSPS) is 22.5. The van der Waals surface area contributed by atoms with Crippen molar-refractivity contribution in [2.45, 2.75) is 12.8 Å². The molecule has 2 atom stereocenters. The number of carbonyl (C=O) groups is 1. The molecule has 0 unspecified atom stereocenters. The standard InChI is InChI=1S/C21H18FN5O2/c1-12(28)27-6-5-14-16(8-23)20(26)21(10-24,11-25)19(17(14)9-27)15-7-13(29-2)3-4-18(15)22/h3-5,7,17,19H,6,9,26H2,1-2H3/t17-,19-/m0/s1. The molecule has 0 bridgehead atoms. The van der Waals surface area contributed by atoms with Gasteiger partial charge in [-0.25, -0.2) is 4.39 Å². The number of hydrogen-bond acceptors (Lipinski definition) is 6. The number of fused-ring (bicyclic) bond motifs is 1. The van der Waals surface area contributed by atoms with Crippen LogP contribution in [0.1, 0.15) is 18.4 Å². The molecule has 0 saturated heterocycles. The maximum atomic E-state index is 14.9. The van der Waals surface area contributed by atoms with Gasteiger partial charge in [-0.2, -0.15) is 15.8 Å². The number of carbonyl (C=O) groups excluding carboxylic acids is 1. The van der Waals surface area contributed by atoms with Crippen molar-refractivity contribution in [3.63, 3.8) is 0 Å². The van der Waals surface area contributed by atoms with Crippen LogP contribution in [0.5, 0.6) is 5.75 Å². The fourth-order valence-corrected chi connectivity index (χ4v) is 4.17. The Hall–Kier alpha value is -3.83.